The van der Waals surface area contributed by atoms with Crippen LogP contribution in [0.5, 0.6) is 0 Å². The van der Waals surface area contributed by atoms with Crippen LogP contribution in [0.25, 0.3) is 21.7 Å². The molecule has 32 heavy (non-hydrogen) atoms. The molecule has 4 aromatic rings. The van der Waals surface area contributed by atoms with E-state index in [1.165, 1.54) is 35.2 Å². The molecule has 7 nitrogen and oxygen atoms in total. The van der Waals surface area contributed by atoms with Crippen LogP contribution in [-0.4, -0.2) is 34.4 Å². The largest absolute Gasteiger partial charge is 0.373 e. The highest BCUT2D eigenvalue weighted by molar-refractivity contribution is 6.00. The number of nitrogens with zero attached hydrogens (tertiary/aromatic N) is 2. The van der Waals surface area contributed by atoms with Crippen molar-refractivity contribution in [3.05, 3.63) is 80.9 Å². The number of halogens is 2. The summed E-state index contributed by atoms with van der Waals surface area (Å²) in [7, 11) is 1.59. The van der Waals surface area contributed by atoms with Crippen LogP contribution in [0, 0.1) is 23.0 Å². The summed E-state index contributed by atoms with van der Waals surface area (Å²) >= 11 is 0. The maximum atomic E-state index is 13.8. The van der Waals surface area contributed by atoms with Gasteiger partial charge in [0, 0.05) is 23.7 Å². The highest BCUT2D eigenvalue weighted by Crippen LogP contribution is 2.34. The maximum absolute atomic E-state index is 13.8. The number of aromatic nitrogens is 2. The summed E-state index contributed by atoms with van der Waals surface area (Å²) < 4.78 is 33.1. The van der Waals surface area contributed by atoms with Crippen molar-refractivity contribution in [3.8, 4) is 6.07 Å². The van der Waals surface area contributed by atoms with Crippen molar-refractivity contribution >= 4 is 27.6 Å². The van der Waals surface area contributed by atoms with Gasteiger partial charge in [-0.25, -0.2) is 8.78 Å². The van der Waals surface area contributed by atoms with Gasteiger partial charge in [-0.15, -0.1) is 0 Å². The van der Waals surface area contributed by atoms with Crippen LogP contribution in [0.4, 0.5) is 8.78 Å². The van der Waals surface area contributed by atoms with E-state index in [1.807, 2.05) is 6.07 Å². The standard InChI is InChI=1S/C23H16F2N4O3/c1-29(23(31)18-7-15-11(8-26)4-13(25)6-17(15)27-18)20-10-32-9-19-21(20)14-3-2-12(24)5-16(14)22(30)28-19/h2-7,20,27H,9-10H2,1H3,(H,28,30). The summed E-state index contributed by atoms with van der Waals surface area (Å²) in [6.45, 7) is 0.333. The molecule has 2 N–H and O–H groups in total. The Balaban J connectivity index is 1.60. The van der Waals surface area contributed by atoms with Crippen molar-refractivity contribution < 1.29 is 18.3 Å². The number of pyridine rings is 1. The van der Waals surface area contributed by atoms with Crippen LogP contribution < -0.4 is 5.56 Å². The first-order valence-corrected chi connectivity index (χ1v) is 9.79. The Labute approximate surface area is 179 Å². The molecule has 0 saturated heterocycles. The van der Waals surface area contributed by atoms with E-state index in [2.05, 4.69) is 9.97 Å². The fourth-order valence-electron chi connectivity index (χ4n) is 4.27. The molecule has 2 aromatic heterocycles. The van der Waals surface area contributed by atoms with Crippen molar-refractivity contribution in [3.63, 3.8) is 0 Å². The summed E-state index contributed by atoms with van der Waals surface area (Å²) in [5.74, 6) is -1.52. The van der Waals surface area contributed by atoms with E-state index in [-0.39, 0.29) is 29.9 Å². The van der Waals surface area contributed by atoms with Gasteiger partial charge in [0.15, 0.2) is 0 Å². The smallest absolute Gasteiger partial charge is 0.270 e. The average Bonchev–Trinajstić information content (AvgIpc) is 3.21. The number of fused-ring (bicyclic) bond motifs is 4. The Morgan fingerprint density at radius 1 is 1.12 bits per heavy atom. The number of hydrogen-bond acceptors (Lipinski definition) is 4. The van der Waals surface area contributed by atoms with Crippen LogP contribution >= 0.6 is 0 Å². The normalized spacial score (nSPS) is 15.5. The van der Waals surface area contributed by atoms with Crippen molar-refractivity contribution in [1.29, 1.82) is 5.26 Å². The molecule has 1 aliphatic heterocycles. The maximum Gasteiger partial charge on any atom is 0.270 e. The van der Waals surface area contributed by atoms with Crippen LogP contribution in [0.2, 0.25) is 0 Å². The number of nitriles is 1. The topological polar surface area (TPSA) is 102 Å². The molecule has 9 heteroatoms. The summed E-state index contributed by atoms with van der Waals surface area (Å²) in [6, 6.07) is 9.18. The molecule has 2 aromatic carbocycles. The van der Waals surface area contributed by atoms with E-state index < -0.39 is 29.1 Å². The second-order valence-electron chi connectivity index (χ2n) is 7.69. The van der Waals surface area contributed by atoms with Gasteiger partial charge in [-0.05, 0) is 35.7 Å². The van der Waals surface area contributed by atoms with Crippen molar-refractivity contribution in [2.45, 2.75) is 12.6 Å². The molecule has 0 aliphatic carbocycles. The first kappa shape index (κ1) is 19.9. The third-order valence-electron chi connectivity index (χ3n) is 5.80. The molecule has 0 fully saturated rings. The zero-order chi connectivity index (χ0) is 22.6. The van der Waals surface area contributed by atoms with Gasteiger partial charge < -0.3 is 19.6 Å². The van der Waals surface area contributed by atoms with Crippen LogP contribution in [0.15, 0.2) is 41.2 Å². The predicted molar refractivity (Wildman–Crippen MR) is 112 cm³/mol. The third-order valence-corrected chi connectivity index (χ3v) is 5.80. The fraction of sp³-hybridized carbons (Fsp3) is 0.174. The summed E-state index contributed by atoms with van der Waals surface area (Å²) in [5, 5.41) is 10.5. The molecule has 0 bridgehead atoms. The first-order valence-electron chi connectivity index (χ1n) is 9.79. The van der Waals surface area contributed by atoms with Gasteiger partial charge in [0.05, 0.1) is 41.8 Å². The molecule has 5 rings (SSSR count). The van der Waals surface area contributed by atoms with Gasteiger partial charge in [0.2, 0.25) is 0 Å². The Hall–Kier alpha value is -4.03. The lowest BCUT2D eigenvalue weighted by atomic mass is 9.95. The van der Waals surface area contributed by atoms with E-state index in [9.17, 15) is 23.6 Å². The first-order chi connectivity index (χ1) is 15.4. The Bertz CT molecular complexity index is 1520. The molecular weight excluding hydrogens is 418 g/mol. The molecule has 1 amide bonds. The highest BCUT2D eigenvalue weighted by Gasteiger charge is 2.31. The molecule has 1 unspecified atom stereocenters. The van der Waals surface area contributed by atoms with Crippen LogP contribution in [0.3, 0.4) is 0 Å². The van der Waals surface area contributed by atoms with E-state index >= 15 is 0 Å². The van der Waals surface area contributed by atoms with Gasteiger partial charge in [-0.2, -0.15) is 5.26 Å². The fourth-order valence-corrected chi connectivity index (χ4v) is 4.27. The molecule has 0 radical (unpaired) electrons. The number of benzene rings is 2. The number of H-pyrrole nitrogens is 2. The SMILES string of the molecule is CN(C(=O)c1cc2c(C#N)cc(F)cc2[nH]1)C1COCc2[nH]c(=O)c3cc(F)ccc3c21. The third kappa shape index (κ3) is 3.04. The summed E-state index contributed by atoms with van der Waals surface area (Å²) in [6.07, 6.45) is 0. The van der Waals surface area contributed by atoms with Crippen LogP contribution in [-0.2, 0) is 11.3 Å². The number of carbonyl (C=O) groups excluding carboxylic acids is 1. The number of ether oxygens (including phenoxy) is 1. The van der Waals surface area contributed by atoms with Crippen molar-refractivity contribution in [1.82, 2.24) is 14.9 Å². The van der Waals surface area contributed by atoms with Crippen LogP contribution in [0.1, 0.15) is 33.4 Å². The molecular formula is C23H16F2N4O3. The molecule has 0 saturated carbocycles. The minimum absolute atomic E-state index is 0.120. The quantitative estimate of drug-likeness (QED) is 0.504. The van der Waals surface area contributed by atoms with Gasteiger partial charge >= 0.3 is 0 Å². The highest BCUT2D eigenvalue weighted by atomic mass is 19.1. The summed E-state index contributed by atoms with van der Waals surface area (Å²) in [5.41, 5.74) is 1.41. The molecule has 0 spiro atoms. The monoisotopic (exact) mass is 434 g/mol. The second kappa shape index (κ2) is 7.28. The lowest BCUT2D eigenvalue weighted by Crippen LogP contribution is -2.37. The number of carbonyl (C=O) groups is 1. The Morgan fingerprint density at radius 3 is 2.72 bits per heavy atom. The molecule has 3 heterocycles. The van der Waals surface area contributed by atoms with Gasteiger partial charge in [-0.1, -0.05) is 6.07 Å². The zero-order valence-corrected chi connectivity index (χ0v) is 16.8. The minimum atomic E-state index is -0.583. The van der Waals surface area contributed by atoms with E-state index in [0.29, 0.717) is 27.5 Å². The number of rotatable bonds is 2. The number of aromatic amines is 2. The number of nitrogens with one attached hydrogen (secondary N) is 2. The average molecular weight is 434 g/mol. The summed E-state index contributed by atoms with van der Waals surface area (Å²) in [4.78, 5) is 32.8. The van der Waals surface area contributed by atoms with Crippen molar-refractivity contribution in [2.24, 2.45) is 0 Å². The van der Waals surface area contributed by atoms with E-state index in [4.69, 9.17) is 4.74 Å². The van der Waals surface area contributed by atoms with Crippen molar-refractivity contribution in [2.75, 3.05) is 13.7 Å². The Morgan fingerprint density at radius 2 is 1.94 bits per heavy atom. The predicted octanol–water partition coefficient (Wildman–Crippen LogP) is 3.50. The number of amides is 1. The van der Waals surface area contributed by atoms with Gasteiger partial charge in [-0.3, -0.25) is 9.59 Å². The van der Waals surface area contributed by atoms with Gasteiger partial charge in [0.25, 0.3) is 11.5 Å². The van der Waals surface area contributed by atoms with E-state index in [1.54, 1.807) is 7.05 Å². The molecule has 1 aliphatic rings. The molecule has 1 atom stereocenters. The van der Waals surface area contributed by atoms with Gasteiger partial charge in [0.1, 0.15) is 17.3 Å². The second-order valence-corrected chi connectivity index (χ2v) is 7.69. The lowest BCUT2D eigenvalue weighted by Gasteiger charge is -2.33. The molecule has 160 valence electrons. The van der Waals surface area contributed by atoms with E-state index in [0.717, 1.165) is 6.07 Å². The number of likely N-dealkylation sites (N-methyl/N-ethyl adjacent to an activating group) is 1. The zero-order valence-electron chi connectivity index (χ0n) is 16.8. The lowest BCUT2D eigenvalue weighted by molar-refractivity contribution is 0.0333. The number of hydrogen-bond donors (Lipinski definition) is 2. The minimum Gasteiger partial charge on any atom is -0.373 e. The Kier molecular flexibility index (Phi) is 4.53.